The second-order valence-electron chi connectivity index (χ2n) is 7.52. The van der Waals surface area contributed by atoms with Crippen LogP contribution in [0.2, 0.25) is 0 Å². The number of para-hydroxylation sites is 1. The minimum absolute atomic E-state index is 0.0204. The number of carbonyl (C=O) groups excluding carboxylic acids is 1. The van der Waals surface area contributed by atoms with Gasteiger partial charge in [0.2, 0.25) is 0 Å². The van der Waals surface area contributed by atoms with Gasteiger partial charge in [0.1, 0.15) is 17.3 Å². The van der Waals surface area contributed by atoms with E-state index in [0.717, 1.165) is 36.6 Å². The molecule has 2 aromatic heterocycles. The number of hydrogen-bond donors (Lipinski definition) is 0. The van der Waals surface area contributed by atoms with Crippen LogP contribution in [-0.2, 0) is 0 Å². The van der Waals surface area contributed by atoms with Crippen LogP contribution in [0.4, 0.5) is 0 Å². The third-order valence-corrected chi connectivity index (χ3v) is 5.47. The third kappa shape index (κ3) is 3.64. The van der Waals surface area contributed by atoms with Crippen LogP contribution in [0.3, 0.4) is 0 Å². The van der Waals surface area contributed by atoms with Crippen LogP contribution >= 0.6 is 0 Å². The average molecular weight is 398 g/mol. The first kappa shape index (κ1) is 18.4. The van der Waals surface area contributed by atoms with E-state index in [2.05, 4.69) is 10.2 Å². The standard InChI is InChI=1S/C24H22N4O2/c29-24(18-8-6-12-21(16-18)30-20-10-2-1-3-11-20)27-14-7-9-19(17-27)23-26-25-22-13-4-5-15-28(22)23/h1-6,8,10-13,15-16,19H,7,9,14,17H2. The van der Waals surface area contributed by atoms with Gasteiger partial charge in [-0.25, -0.2) is 0 Å². The lowest BCUT2D eigenvalue weighted by molar-refractivity contribution is 0.0704. The van der Waals surface area contributed by atoms with Gasteiger partial charge in [-0.1, -0.05) is 30.3 Å². The van der Waals surface area contributed by atoms with Crippen molar-refractivity contribution in [2.75, 3.05) is 13.1 Å². The maximum atomic E-state index is 13.2. The van der Waals surface area contributed by atoms with Crippen LogP contribution in [0.5, 0.6) is 11.5 Å². The van der Waals surface area contributed by atoms with Gasteiger partial charge in [0.05, 0.1) is 0 Å². The first-order valence-corrected chi connectivity index (χ1v) is 10.2. The van der Waals surface area contributed by atoms with Crippen molar-refractivity contribution >= 4 is 11.6 Å². The second-order valence-corrected chi connectivity index (χ2v) is 7.52. The number of ether oxygens (including phenoxy) is 1. The van der Waals surface area contributed by atoms with Crippen molar-refractivity contribution in [3.05, 3.63) is 90.4 Å². The number of hydrogen-bond acceptors (Lipinski definition) is 4. The quantitative estimate of drug-likeness (QED) is 0.506. The monoisotopic (exact) mass is 398 g/mol. The van der Waals surface area contributed by atoms with Gasteiger partial charge in [-0.2, -0.15) is 0 Å². The number of aromatic nitrogens is 3. The SMILES string of the molecule is O=C(c1cccc(Oc2ccccc2)c1)N1CCCC(c2nnc3ccccn23)C1. The zero-order valence-electron chi connectivity index (χ0n) is 16.5. The molecule has 0 spiro atoms. The molecule has 1 atom stereocenters. The van der Waals surface area contributed by atoms with Crippen molar-refractivity contribution in [3.63, 3.8) is 0 Å². The van der Waals surface area contributed by atoms with E-state index in [0.29, 0.717) is 17.9 Å². The highest BCUT2D eigenvalue weighted by Gasteiger charge is 2.28. The number of piperidine rings is 1. The molecule has 5 rings (SSSR count). The van der Waals surface area contributed by atoms with Gasteiger partial charge < -0.3 is 9.64 Å². The summed E-state index contributed by atoms with van der Waals surface area (Å²) in [4.78, 5) is 15.1. The van der Waals surface area contributed by atoms with Gasteiger partial charge in [-0.3, -0.25) is 9.20 Å². The average Bonchev–Trinajstić information content (AvgIpc) is 3.24. The molecule has 6 nitrogen and oxygen atoms in total. The van der Waals surface area contributed by atoms with Crippen molar-refractivity contribution < 1.29 is 9.53 Å². The second kappa shape index (κ2) is 7.99. The molecule has 4 aromatic rings. The van der Waals surface area contributed by atoms with Crippen molar-refractivity contribution in [2.45, 2.75) is 18.8 Å². The highest BCUT2D eigenvalue weighted by Crippen LogP contribution is 2.28. The van der Waals surface area contributed by atoms with Crippen molar-refractivity contribution in [1.29, 1.82) is 0 Å². The van der Waals surface area contributed by atoms with E-state index < -0.39 is 0 Å². The topological polar surface area (TPSA) is 59.7 Å². The van der Waals surface area contributed by atoms with Crippen LogP contribution in [0.25, 0.3) is 5.65 Å². The number of likely N-dealkylation sites (tertiary alicyclic amines) is 1. The van der Waals surface area contributed by atoms with Crippen molar-refractivity contribution in [2.24, 2.45) is 0 Å². The first-order valence-electron chi connectivity index (χ1n) is 10.2. The summed E-state index contributed by atoms with van der Waals surface area (Å²) >= 11 is 0. The van der Waals surface area contributed by atoms with Crippen LogP contribution in [0.1, 0.15) is 34.9 Å². The first-order chi connectivity index (χ1) is 14.8. The number of benzene rings is 2. The Labute approximate surface area is 174 Å². The zero-order chi connectivity index (χ0) is 20.3. The number of fused-ring (bicyclic) bond motifs is 1. The van der Waals surface area contributed by atoms with Gasteiger partial charge in [0.15, 0.2) is 5.65 Å². The third-order valence-electron chi connectivity index (χ3n) is 5.47. The molecule has 2 aromatic carbocycles. The molecule has 0 N–H and O–H groups in total. The lowest BCUT2D eigenvalue weighted by Gasteiger charge is -2.32. The minimum Gasteiger partial charge on any atom is -0.457 e. The molecule has 1 amide bonds. The number of amides is 1. The highest BCUT2D eigenvalue weighted by atomic mass is 16.5. The largest absolute Gasteiger partial charge is 0.457 e. The van der Waals surface area contributed by atoms with Crippen molar-refractivity contribution in [1.82, 2.24) is 19.5 Å². The molecular weight excluding hydrogens is 376 g/mol. The summed E-state index contributed by atoms with van der Waals surface area (Å²) in [6.45, 7) is 1.38. The van der Waals surface area contributed by atoms with E-state index >= 15 is 0 Å². The Bertz CT molecular complexity index is 1170. The van der Waals surface area contributed by atoms with Gasteiger partial charge in [0, 0.05) is 30.8 Å². The fraction of sp³-hybridized carbons (Fsp3) is 0.208. The van der Waals surface area contributed by atoms with E-state index in [-0.39, 0.29) is 11.8 Å². The summed E-state index contributed by atoms with van der Waals surface area (Å²) < 4.78 is 7.91. The molecular formula is C24H22N4O2. The summed E-state index contributed by atoms with van der Waals surface area (Å²) in [6, 6.07) is 22.8. The van der Waals surface area contributed by atoms with E-state index in [4.69, 9.17) is 4.74 Å². The van der Waals surface area contributed by atoms with E-state index in [1.165, 1.54) is 0 Å². The number of pyridine rings is 1. The Hall–Kier alpha value is -3.67. The van der Waals surface area contributed by atoms with Crippen molar-refractivity contribution in [3.8, 4) is 11.5 Å². The number of rotatable bonds is 4. The van der Waals surface area contributed by atoms with Gasteiger partial charge in [0.25, 0.3) is 5.91 Å². The smallest absolute Gasteiger partial charge is 0.254 e. The van der Waals surface area contributed by atoms with E-state index in [1.54, 1.807) is 0 Å². The molecule has 1 aliphatic rings. The predicted molar refractivity (Wildman–Crippen MR) is 114 cm³/mol. The molecule has 1 fully saturated rings. The minimum atomic E-state index is 0.0204. The van der Waals surface area contributed by atoms with Gasteiger partial charge >= 0.3 is 0 Å². The molecule has 1 unspecified atom stereocenters. The predicted octanol–water partition coefficient (Wildman–Crippen LogP) is 4.54. The van der Waals surface area contributed by atoms with Crippen LogP contribution in [0, 0.1) is 0 Å². The molecule has 30 heavy (non-hydrogen) atoms. The summed E-state index contributed by atoms with van der Waals surface area (Å²) in [6.07, 6.45) is 3.92. The Balaban J connectivity index is 1.34. The summed E-state index contributed by atoms with van der Waals surface area (Å²) in [7, 11) is 0. The molecule has 1 saturated heterocycles. The molecule has 0 bridgehead atoms. The van der Waals surface area contributed by atoms with Crippen LogP contribution in [-0.4, -0.2) is 38.5 Å². The molecule has 0 aliphatic carbocycles. The normalized spacial score (nSPS) is 16.5. The van der Waals surface area contributed by atoms with E-state index in [9.17, 15) is 4.79 Å². The zero-order valence-corrected chi connectivity index (χ0v) is 16.5. The fourth-order valence-corrected chi connectivity index (χ4v) is 4.01. The lowest BCUT2D eigenvalue weighted by Crippen LogP contribution is -2.39. The maximum Gasteiger partial charge on any atom is 0.254 e. The van der Waals surface area contributed by atoms with Crippen LogP contribution in [0.15, 0.2) is 79.0 Å². The van der Waals surface area contributed by atoms with Gasteiger partial charge in [-0.05, 0) is 55.3 Å². The fourth-order valence-electron chi connectivity index (χ4n) is 4.01. The van der Waals surface area contributed by atoms with Crippen LogP contribution < -0.4 is 4.74 Å². The molecule has 6 heteroatoms. The molecule has 1 aliphatic heterocycles. The number of nitrogens with zero attached hydrogens (tertiary/aromatic N) is 4. The maximum absolute atomic E-state index is 13.2. The van der Waals surface area contributed by atoms with E-state index in [1.807, 2.05) is 88.3 Å². The number of carbonyl (C=O) groups is 1. The molecule has 3 heterocycles. The Morgan fingerprint density at radius 2 is 1.77 bits per heavy atom. The Morgan fingerprint density at radius 1 is 0.933 bits per heavy atom. The summed E-state index contributed by atoms with van der Waals surface area (Å²) in [5.74, 6) is 2.52. The van der Waals surface area contributed by atoms with Gasteiger partial charge in [-0.15, -0.1) is 10.2 Å². The highest BCUT2D eigenvalue weighted by molar-refractivity contribution is 5.94. The molecule has 0 radical (unpaired) electrons. The Kier molecular flexibility index (Phi) is 4.89. The summed E-state index contributed by atoms with van der Waals surface area (Å²) in [5, 5.41) is 8.67. The Morgan fingerprint density at radius 3 is 2.67 bits per heavy atom. The summed E-state index contributed by atoms with van der Waals surface area (Å²) in [5.41, 5.74) is 1.47. The lowest BCUT2D eigenvalue weighted by atomic mass is 9.96. The molecule has 0 saturated carbocycles. The molecule has 150 valence electrons.